The molecular formula is C11H8N4OS. The standard InChI is InChI=1S/C11H8N4OS/c12-6-9(8-4-2-1-3-5-8)10(16)14-11-15-13-7-17-11/h1-5,7,9H,(H,14,15,16). The second kappa shape index (κ2) is 5.18. The molecule has 1 N–H and O–H groups in total. The zero-order valence-electron chi connectivity index (χ0n) is 8.70. The number of benzene rings is 1. The van der Waals surface area contributed by atoms with Crippen LogP contribution in [0.25, 0.3) is 0 Å². The lowest BCUT2D eigenvalue weighted by atomic mass is 10.0. The largest absolute Gasteiger partial charge is 0.299 e. The van der Waals surface area contributed by atoms with Crippen molar-refractivity contribution >= 4 is 22.4 Å². The van der Waals surface area contributed by atoms with Gasteiger partial charge in [0.15, 0.2) is 5.92 Å². The number of rotatable bonds is 3. The molecule has 1 aromatic heterocycles. The summed E-state index contributed by atoms with van der Waals surface area (Å²) in [6, 6.07) is 10.9. The highest BCUT2D eigenvalue weighted by Crippen LogP contribution is 2.17. The molecule has 1 atom stereocenters. The average molecular weight is 244 g/mol. The van der Waals surface area contributed by atoms with Gasteiger partial charge in [0.05, 0.1) is 6.07 Å². The van der Waals surface area contributed by atoms with Crippen LogP contribution >= 0.6 is 11.3 Å². The summed E-state index contributed by atoms with van der Waals surface area (Å²) < 4.78 is 0. The first-order chi connectivity index (χ1) is 8.31. The first-order valence-electron chi connectivity index (χ1n) is 4.83. The highest BCUT2D eigenvalue weighted by Gasteiger charge is 2.20. The van der Waals surface area contributed by atoms with E-state index >= 15 is 0 Å². The van der Waals surface area contributed by atoms with Crippen molar-refractivity contribution in [1.29, 1.82) is 5.26 Å². The Morgan fingerprint density at radius 2 is 2.18 bits per heavy atom. The van der Waals surface area contributed by atoms with Crippen molar-refractivity contribution in [3.05, 3.63) is 41.4 Å². The predicted molar refractivity (Wildman–Crippen MR) is 63.3 cm³/mol. The molecule has 0 fully saturated rings. The Morgan fingerprint density at radius 3 is 2.76 bits per heavy atom. The van der Waals surface area contributed by atoms with Gasteiger partial charge in [0, 0.05) is 0 Å². The summed E-state index contributed by atoms with van der Waals surface area (Å²) in [5.74, 6) is -1.23. The summed E-state index contributed by atoms with van der Waals surface area (Å²) in [5.41, 5.74) is 2.18. The molecule has 0 saturated heterocycles. The number of nitrogens with zero attached hydrogens (tertiary/aromatic N) is 3. The van der Waals surface area contributed by atoms with Gasteiger partial charge >= 0.3 is 0 Å². The third kappa shape index (κ3) is 2.65. The van der Waals surface area contributed by atoms with E-state index in [1.807, 2.05) is 12.1 Å². The molecule has 0 bridgehead atoms. The van der Waals surface area contributed by atoms with Gasteiger partial charge in [0.1, 0.15) is 5.51 Å². The molecule has 84 valence electrons. The number of hydrogen-bond acceptors (Lipinski definition) is 5. The van der Waals surface area contributed by atoms with Gasteiger partial charge in [-0.3, -0.25) is 10.1 Å². The van der Waals surface area contributed by atoms with E-state index in [1.54, 1.807) is 24.3 Å². The number of hydrogen-bond donors (Lipinski definition) is 1. The van der Waals surface area contributed by atoms with E-state index in [4.69, 9.17) is 5.26 Å². The van der Waals surface area contributed by atoms with Crippen molar-refractivity contribution in [3.63, 3.8) is 0 Å². The number of aromatic nitrogens is 2. The minimum atomic E-state index is -0.833. The Bertz CT molecular complexity index is 532. The minimum Gasteiger partial charge on any atom is -0.299 e. The van der Waals surface area contributed by atoms with Crippen molar-refractivity contribution in [2.24, 2.45) is 0 Å². The zero-order chi connectivity index (χ0) is 12.1. The van der Waals surface area contributed by atoms with E-state index < -0.39 is 11.8 Å². The van der Waals surface area contributed by atoms with Gasteiger partial charge in [-0.2, -0.15) is 5.26 Å². The highest BCUT2D eigenvalue weighted by molar-refractivity contribution is 7.13. The maximum absolute atomic E-state index is 11.8. The van der Waals surface area contributed by atoms with Gasteiger partial charge in [-0.1, -0.05) is 41.7 Å². The fourth-order valence-electron chi connectivity index (χ4n) is 1.34. The van der Waals surface area contributed by atoms with Crippen molar-refractivity contribution in [2.75, 3.05) is 5.32 Å². The van der Waals surface area contributed by atoms with Crippen LogP contribution < -0.4 is 5.32 Å². The summed E-state index contributed by atoms with van der Waals surface area (Å²) in [6.45, 7) is 0. The molecule has 0 aliphatic heterocycles. The molecular weight excluding hydrogens is 236 g/mol. The summed E-state index contributed by atoms with van der Waals surface area (Å²) in [4.78, 5) is 11.8. The smallest absolute Gasteiger partial charge is 0.248 e. The highest BCUT2D eigenvalue weighted by atomic mass is 32.1. The van der Waals surface area contributed by atoms with Crippen LogP contribution in [0.4, 0.5) is 5.13 Å². The molecule has 5 nitrogen and oxygen atoms in total. The van der Waals surface area contributed by atoms with Crippen LogP contribution in [-0.4, -0.2) is 16.1 Å². The Balaban J connectivity index is 2.15. The van der Waals surface area contributed by atoms with Gasteiger partial charge < -0.3 is 0 Å². The molecule has 1 heterocycles. The van der Waals surface area contributed by atoms with Crippen molar-refractivity contribution in [1.82, 2.24) is 10.2 Å². The number of amides is 1. The molecule has 1 aromatic carbocycles. The van der Waals surface area contributed by atoms with E-state index in [1.165, 1.54) is 16.8 Å². The Kier molecular flexibility index (Phi) is 3.43. The molecule has 6 heteroatoms. The van der Waals surface area contributed by atoms with Gasteiger partial charge in [-0.05, 0) is 5.56 Å². The summed E-state index contributed by atoms with van der Waals surface area (Å²) in [5, 5.41) is 19.3. The normalized spacial score (nSPS) is 11.5. The SMILES string of the molecule is N#CC(C(=O)Nc1nncs1)c1ccccc1. The molecule has 2 rings (SSSR count). The molecule has 1 unspecified atom stereocenters. The van der Waals surface area contributed by atoms with E-state index in [-0.39, 0.29) is 0 Å². The second-order valence-electron chi connectivity index (χ2n) is 3.21. The van der Waals surface area contributed by atoms with Crippen LogP contribution in [-0.2, 0) is 4.79 Å². The van der Waals surface area contributed by atoms with E-state index in [9.17, 15) is 4.79 Å². The molecule has 1 amide bonds. The van der Waals surface area contributed by atoms with Gasteiger partial charge in [-0.25, -0.2) is 0 Å². The number of carbonyl (C=O) groups excluding carboxylic acids is 1. The monoisotopic (exact) mass is 244 g/mol. The summed E-state index contributed by atoms with van der Waals surface area (Å²) >= 11 is 1.21. The van der Waals surface area contributed by atoms with Crippen LogP contribution in [0.15, 0.2) is 35.8 Å². The molecule has 17 heavy (non-hydrogen) atoms. The number of nitriles is 1. The third-order valence-electron chi connectivity index (χ3n) is 2.11. The fourth-order valence-corrected chi connectivity index (χ4v) is 1.78. The van der Waals surface area contributed by atoms with Crippen LogP contribution in [0, 0.1) is 11.3 Å². The third-order valence-corrected chi connectivity index (χ3v) is 2.72. The molecule has 0 radical (unpaired) electrons. The van der Waals surface area contributed by atoms with Crippen LogP contribution in [0.5, 0.6) is 0 Å². The lowest BCUT2D eigenvalue weighted by Crippen LogP contribution is -2.19. The van der Waals surface area contributed by atoms with Crippen LogP contribution in [0.3, 0.4) is 0 Å². The number of carbonyl (C=O) groups is 1. The molecule has 0 spiro atoms. The van der Waals surface area contributed by atoms with Gasteiger partial charge in [0.25, 0.3) is 0 Å². The van der Waals surface area contributed by atoms with E-state index in [2.05, 4.69) is 15.5 Å². The summed E-state index contributed by atoms with van der Waals surface area (Å²) in [7, 11) is 0. The average Bonchev–Trinajstić information content (AvgIpc) is 2.84. The second-order valence-corrected chi connectivity index (χ2v) is 4.04. The predicted octanol–water partition coefficient (Wildman–Crippen LogP) is 1.78. The minimum absolute atomic E-state index is 0.393. The Morgan fingerprint density at radius 1 is 1.41 bits per heavy atom. The molecule has 2 aromatic rings. The number of anilines is 1. The quantitative estimate of drug-likeness (QED) is 0.892. The maximum atomic E-state index is 11.8. The van der Waals surface area contributed by atoms with E-state index in [0.29, 0.717) is 10.7 Å². The zero-order valence-corrected chi connectivity index (χ0v) is 9.52. The molecule has 0 aliphatic rings. The Labute approximate surface area is 102 Å². The van der Waals surface area contributed by atoms with Crippen LogP contribution in [0.1, 0.15) is 11.5 Å². The lowest BCUT2D eigenvalue weighted by Gasteiger charge is -2.07. The lowest BCUT2D eigenvalue weighted by molar-refractivity contribution is -0.116. The van der Waals surface area contributed by atoms with Crippen LogP contribution in [0.2, 0.25) is 0 Å². The molecule has 0 aliphatic carbocycles. The van der Waals surface area contributed by atoms with Crippen molar-refractivity contribution in [2.45, 2.75) is 5.92 Å². The fraction of sp³-hybridized carbons (Fsp3) is 0.0909. The van der Waals surface area contributed by atoms with Gasteiger partial charge in [-0.15, -0.1) is 10.2 Å². The van der Waals surface area contributed by atoms with Crippen molar-refractivity contribution in [3.8, 4) is 6.07 Å². The number of nitrogens with one attached hydrogen (secondary N) is 1. The molecule has 0 saturated carbocycles. The van der Waals surface area contributed by atoms with Gasteiger partial charge in [0.2, 0.25) is 11.0 Å². The van der Waals surface area contributed by atoms with Crippen molar-refractivity contribution < 1.29 is 4.79 Å². The first-order valence-corrected chi connectivity index (χ1v) is 5.71. The maximum Gasteiger partial charge on any atom is 0.248 e. The first kappa shape index (κ1) is 11.2. The summed E-state index contributed by atoms with van der Waals surface area (Å²) in [6.07, 6.45) is 0. The van der Waals surface area contributed by atoms with E-state index in [0.717, 1.165) is 0 Å². The Hall–Kier alpha value is -2.26. The topological polar surface area (TPSA) is 78.7 Å².